The number of nitrogens with one attached hydrogen (secondary N) is 1. The van der Waals surface area contributed by atoms with Crippen molar-refractivity contribution < 1.29 is 19.3 Å². The summed E-state index contributed by atoms with van der Waals surface area (Å²) in [6, 6.07) is 1.37. The number of rotatable bonds is 2. The molecule has 1 unspecified atom stereocenters. The van der Waals surface area contributed by atoms with Crippen LogP contribution in [0, 0.1) is 17.0 Å². The lowest BCUT2D eigenvalue weighted by Crippen LogP contribution is -2.44. The van der Waals surface area contributed by atoms with Gasteiger partial charge in [-0.1, -0.05) is 18.1 Å². The highest BCUT2D eigenvalue weighted by atomic mass is 32.1. The first kappa shape index (κ1) is 13.9. The van der Waals surface area contributed by atoms with Gasteiger partial charge in [0.15, 0.2) is 18.0 Å². The van der Waals surface area contributed by atoms with Crippen LogP contribution in [0.2, 0.25) is 0 Å². The molecule has 0 aliphatic carbocycles. The van der Waals surface area contributed by atoms with Gasteiger partial charge in [0.25, 0.3) is 0 Å². The molecule has 0 radical (unpaired) electrons. The molecule has 6 nitrogen and oxygen atoms in total. The zero-order valence-corrected chi connectivity index (χ0v) is 10.4. The van der Waals surface area contributed by atoms with Crippen molar-refractivity contribution in [2.45, 2.75) is 24.1 Å². The molecule has 1 aromatic heterocycles. The van der Waals surface area contributed by atoms with Gasteiger partial charge < -0.3 is 14.9 Å². The van der Waals surface area contributed by atoms with E-state index in [4.69, 9.17) is 23.4 Å². The molecule has 0 amide bonds. The fourth-order valence-corrected chi connectivity index (χ4v) is 2.05. The average Bonchev–Trinajstić information content (AvgIpc) is 2.64. The van der Waals surface area contributed by atoms with Crippen LogP contribution < -0.4 is 5.69 Å². The van der Waals surface area contributed by atoms with Crippen LogP contribution in [0.25, 0.3) is 0 Å². The highest BCUT2D eigenvalue weighted by Crippen LogP contribution is 2.37. The van der Waals surface area contributed by atoms with Crippen molar-refractivity contribution in [3.8, 4) is 12.3 Å². The quantitative estimate of drug-likeness (QED) is 0.504. The number of aliphatic hydroxyl groups is 2. The molecule has 1 saturated heterocycles. The molecule has 19 heavy (non-hydrogen) atoms. The van der Waals surface area contributed by atoms with E-state index in [-0.39, 0.29) is 4.64 Å². The summed E-state index contributed by atoms with van der Waals surface area (Å²) >= 11 is 4.75. The van der Waals surface area contributed by atoms with Crippen molar-refractivity contribution >= 4 is 12.2 Å². The molecule has 1 aliphatic heterocycles. The van der Waals surface area contributed by atoms with Crippen LogP contribution >= 0.6 is 12.2 Å². The minimum Gasteiger partial charge on any atom is -0.392 e. The second-order valence-corrected chi connectivity index (χ2v) is 4.55. The largest absolute Gasteiger partial charge is 0.392 e. The predicted molar refractivity (Wildman–Crippen MR) is 65.6 cm³/mol. The molecule has 0 aromatic carbocycles. The van der Waals surface area contributed by atoms with E-state index in [0.717, 1.165) is 4.57 Å². The van der Waals surface area contributed by atoms with Crippen molar-refractivity contribution in [1.29, 1.82) is 0 Å². The summed E-state index contributed by atoms with van der Waals surface area (Å²) in [6.07, 6.45) is 1.27. The van der Waals surface area contributed by atoms with Crippen molar-refractivity contribution in [1.82, 2.24) is 9.55 Å². The second kappa shape index (κ2) is 4.86. The summed E-state index contributed by atoms with van der Waals surface area (Å²) in [6.45, 7) is -0.765. The van der Waals surface area contributed by atoms with Gasteiger partial charge in [0, 0.05) is 6.20 Å². The number of terminal acetylenes is 1. The summed E-state index contributed by atoms with van der Waals surface area (Å²) in [5.41, 5.74) is -2.56. The summed E-state index contributed by atoms with van der Waals surface area (Å²) in [5, 5.41) is 18.9. The Morgan fingerprint density at radius 1 is 1.74 bits per heavy atom. The lowest BCUT2D eigenvalue weighted by atomic mass is 9.98. The number of alkyl halides is 1. The number of nitrogens with zero attached hydrogens (tertiary/aromatic N) is 1. The standard InChI is InChI=1S/C11H11FN2O4S/c1-2-11(5-15)8(16)7(12)9(18-11)14-4-3-6(19)13-10(14)17/h1,3-4,7-9,15-16H,5H2,(H,13,17,19)/t7?,8-,9-,11-/m1/s1. The molecule has 1 aromatic rings. The maximum Gasteiger partial charge on any atom is 0.328 e. The fourth-order valence-electron chi connectivity index (χ4n) is 1.90. The minimum absolute atomic E-state index is 0.181. The second-order valence-electron chi connectivity index (χ2n) is 4.11. The minimum atomic E-state index is -1.95. The molecule has 2 heterocycles. The van der Waals surface area contributed by atoms with E-state index in [1.165, 1.54) is 12.3 Å². The van der Waals surface area contributed by atoms with E-state index < -0.39 is 36.4 Å². The molecule has 0 spiro atoms. The van der Waals surface area contributed by atoms with Crippen LogP contribution in [0.1, 0.15) is 6.23 Å². The van der Waals surface area contributed by atoms with Crippen LogP contribution in [0.4, 0.5) is 4.39 Å². The predicted octanol–water partition coefficient (Wildman–Crippen LogP) is -0.502. The van der Waals surface area contributed by atoms with E-state index in [1.54, 1.807) is 0 Å². The molecular weight excluding hydrogens is 275 g/mol. The molecule has 1 fully saturated rings. The summed E-state index contributed by atoms with van der Waals surface area (Å²) in [7, 11) is 0. The third kappa shape index (κ3) is 2.11. The van der Waals surface area contributed by atoms with Crippen molar-refractivity contribution in [3.05, 3.63) is 27.4 Å². The number of aromatic nitrogens is 2. The van der Waals surface area contributed by atoms with E-state index in [2.05, 4.69) is 4.98 Å². The number of halogens is 1. The first-order valence-electron chi connectivity index (χ1n) is 5.35. The third-order valence-electron chi connectivity index (χ3n) is 2.99. The Bertz CT molecular complexity index is 637. The zero-order chi connectivity index (χ0) is 14.2. The summed E-state index contributed by atoms with van der Waals surface area (Å²) in [5.74, 6) is 2.03. The topological polar surface area (TPSA) is 87.5 Å². The van der Waals surface area contributed by atoms with Gasteiger partial charge in [0.05, 0.1) is 6.61 Å². The van der Waals surface area contributed by atoms with Crippen LogP contribution in [-0.2, 0) is 4.74 Å². The molecule has 0 bridgehead atoms. The summed E-state index contributed by atoms with van der Waals surface area (Å²) < 4.78 is 20.3. The Hall–Kier alpha value is -1.53. The highest BCUT2D eigenvalue weighted by molar-refractivity contribution is 7.71. The maximum atomic E-state index is 14.0. The highest BCUT2D eigenvalue weighted by Gasteiger charge is 2.55. The molecule has 8 heteroatoms. The van der Waals surface area contributed by atoms with E-state index >= 15 is 0 Å². The van der Waals surface area contributed by atoms with Gasteiger partial charge in [0.1, 0.15) is 10.7 Å². The Morgan fingerprint density at radius 2 is 2.42 bits per heavy atom. The Morgan fingerprint density at radius 3 is 2.89 bits per heavy atom. The molecule has 2 rings (SSSR count). The number of aromatic amines is 1. The van der Waals surface area contributed by atoms with E-state index in [9.17, 15) is 19.4 Å². The zero-order valence-electron chi connectivity index (χ0n) is 9.62. The Balaban J connectivity index is 2.46. The van der Waals surface area contributed by atoms with Crippen molar-refractivity contribution in [2.24, 2.45) is 0 Å². The lowest BCUT2D eigenvalue weighted by molar-refractivity contribution is -0.0922. The first-order valence-corrected chi connectivity index (χ1v) is 5.76. The number of hydrogen-bond acceptors (Lipinski definition) is 5. The molecular formula is C11H11FN2O4S. The number of ether oxygens (including phenoxy) is 1. The SMILES string of the molecule is C#C[C@]1(CO)O[C@@H](n2ccc(=S)[nH]c2=O)C(F)[C@H]1O. The molecule has 3 N–H and O–H groups in total. The van der Waals surface area contributed by atoms with Gasteiger partial charge in [-0.05, 0) is 6.07 Å². The summed E-state index contributed by atoms with van der Waals surface area (Å²) in [4.78, 5) is 14.0. The normalized spacial score (nSPS) is 34.1. The lowest BCUT2D eigenvalue weighted by Gasteiger charge is -2.23. The Labute approximate surface area is 112 Å². The van der Waals surface area contributed by atoms with Crippen molar-refractivity contribution in [3.63, 3.8) is 0 Å². The van der Waals surface area contributed by atoms with Crippen molar-refractivity contribution in [2.75, 3.05) is 6.61 Å². The van der Waals surface area contributed by atoms with Gasteiger partial charge in [-0.25, -0.2) is 9.18 Å². The Kier molecular flexibility index (Phi) is 3.56. The van der Waals surface area contributed by atoms with Crippen LogP contribution in [-0.4, -0.2) is 44.2 Å². The number of H-pyrrole nitrogens is 1. The molecule has 102 valence electrons. The van der Waals surface area contributed by atoms with E-state index in [0.29, 0.717) is 0 Å². The molecule has 0 saturated carbocycles. The smallest absolute Gasteiger partial charge is 0.328 e. The van der Waals surface area contributed by atoms with Gasteiger partial charge in [0.2, 0.25) is 0 Å². The van der Waals surface area contributed by atoms with Gasteiger partial charge in [-0.3, -0.25) is 9.55 Å². The molecule has 1 aliphatic rings. The maximum absolute atomic E-state index is 14.0. The van der Waals surface area contributed by atoms with E-state index in [1.807, 2.05) is 5.92 Å². The molecule has 4 atom stereocenters. The fraction of sp³-hybridized carbons (Fsp3) is 0.455. The van der Waals surface area contributed by atoms with Gasteiger partial charge in [-0.2, -0.15) is 0 Å². The van der Waals surface area contributed by atoms with Crippen LogP contribution in [0.15, 0.2) is 17.1 Å². The van der Waals surface area contributed by atoms with Gasteiger partial charge in [-0.15, -0.1) is 6.42 Å². The number of aliphatic hydroxyl groups excluding tert-OH is 2. The van der Waals surface area contributed by atoms with Crippen LogP contribution in [0.3, 0.4) is 0 Å². The van der Waals surface area contributed by atoms with Gasteiger partial charge >= 0.3 is 5.69 Å². The first-order chi connectivity index (χ1) is 8.95. The number of hydrogen-bond donors (Lipinski definition) is 3. The average molecular weight is 286 g/mol. The third-order valence-corrected chi connectivity index (χ3v) is 3.23. The monoisotopic (exact) mass is 286 g/mol. The van der Waals surface area contributed by atoms with Crippen LogP contribution in [0.5, 0.6) is 0 Å².